The quantitative estimate of drug-likeness (QED) is 0.487. The zero-order chi connectivity index (χ0) is 13.9. The summed E-state index contributed by atoms with van der Waals surface area (Å²) in [5.74, 6) is 3.08. The van der Waals surface area contributed by atoms with Gasteiger partial charge in [-0.25, -0.2) is 0 Å². The normalized spacial score (nSPS) is 18.8. The number of hydrogen-bond acceptors (Lipinski definition) is 2. The molecule has 0 bridgehead atoms. The molecule has 1 amide bonds. The highest BCUT2D eigenvalue weighted by Crippen LogP contribution is 2.17. The van der Waals surface area contributed by atoms with E-state index in [-0.39, 0.29) is 11.8 Å². The van der Waals surface area contributed by atoms with Gasteiger partial charge >= 0.3 is 0 Å². The number of rotatable bonds is 10. The number of likely N-dealkylation sites (tertiary alicyclic amines) is 1. The van der Waals surface area contributed by atoms with Crippen LogP contribution < -0.4 is 5.73 Å². The van der Waals surface area contributed by atoms with Gasteiger partial charge in [-0.15, -0.1) is 12.3 Å². The Kier molecular flexibility index (Phi) is 8.33. The second-order valence-corrected chi connectivity index (χ2v) is 5.52. The fourth-order valence-electron chi connectivity index (χ4n) is 2.61. The van der Waals surface area contributed by atoms with Gasteiger partial charge in [-0.2, -0.15) is 0 Å². The fourth-order valence-corrected chi connectivity index (χ4v) is 2.61. The molecule has 2 N–H and O–H groups in total. The molecule has 108 valence electrons. The van der Waals surface area contributed by atoms with Crippen molar-refractivity contribution in [2.45, 2.75) is 57.8 Å². The minimum Gasteiger partial charge on any atom is -0.341 e. The van der Waals surface area contributed by atoms with Crippen LogP contribution in [0.3, 0.4) is 0 Å². The molecule has 1 aliphatic rings. The summed E-state index contributed by atoms with van der Waals surface area (Å²) in [6.07, 6.45) is 15.9. The predicted octanol–water partition coefficient (Wildman–Crippen LogP) is 2.55. The van der Waals surface area contributed by atoms with E-state index in [1.54, 1.807) is 0 Å². The van der Waals surface area contributed by atoms with Crippen molar-refractivity contribution in [3.63, 3.8) is 0 Å². The number of nitrogens with two attached hydrogens (primary N) is 1. The van der Waals surface area contributed by atoms with Crippen molar-refractivity contribution >= 4 is 5.91 Å². The Morgan fingerprint density at radius 1 is 1.11 bits per heavy atom. The molecule has 1 saturated heterocycles. The van der Waals surface area contributed by atoms with Crippen LogP contribution in [-0.2, 0) is 4.79 Å². The lowest BCUT2D eigenvalue weighted by Crippen LogP contribution is -2.26. The number of carbonyl (C=O) groups is 1. The third kappa shape index (κ3) is 6.63. The molecule has 0 aliphatic carbocycles. The smallest absolute Gasteiger partial charge is 0.223 e. The van der Waals surface area contributed by atoms with E-state index in [0.717, 1.165) is 32.5 Å². The maximum absolute atomic E-state index is 11.6. The van der Waals surface area contributed by atoms with E-state index in [2.05, 4.69) is 5.92 Å². The van der Waals surface area contributed by atoms with E-state index in [0.29, 0.717) is 6.42 Å². The highest BCUT2D eigenvalue weighted by molar-refractivity contribution is 5.79. The average Bonchev–Trinajstić information content (AvgIpc) is 2.78. The Hall–Kier alpha value is -1.01. The van der Waals surface area contributed by atoms with Crippen LogP contribution in [0.4, 0.5) is 0 Å². The third-order valence-corrected chi connectivity index (χ3v) is 3.83. The van der Waals surface area contributed by atoms with Gasteiger partial charge in [-0.3, -0.25) is 4.79 Å². The summed E-state index contributed by atoms with van der Waals surface area (Å²) in [5.41, 5.74) is 5.46. The van der Waals surface area contributed by atoms with Gasteiger partial charge in [0.15, 0.2) is 0 Å². The van der Waals surface area contributed by atoms with Gasteiger partial charge in [0.25, 0.3) is 0 Å². The summed E-state index contributed by atoms with van der Waals surface area (Å²) in [6, 6.07) is 0. The van der Waals surface area contributed by atoms with E-state index in [4.69, 9.17) is 12.2 Å². The summed E-state index contributed by atoms with van der Waals surface area (Å²) in [5, 5.41) is 0. The lowest BCUT2D eigenvalue weighted by atomic mass is 10.1. The zero-order valence-corrected chi connectivity index (χ0v) is 12.1. The summed E-state index contributed by atoms with van der Waals surface area (Å²) >= 11 is 0. The van der Waals surface area contributed by atoms with Crippen LogP contribution in [0.15, 0.2) is 0 Å². The topological polar surface area (TPSA) is 46.3 Å². The fraction of sp³-hybridized carbons (Fsp3) is 0.812. The molecule has 0 saturated carbocycles. The van der Waals surface area contributed by atoms with Crippen LogP contribution in [0.25, 0.3) is 0 Å². The first-order chi connectivity index (χ1) is 9.27. The van der Waals surface area contributed by atoms with Gasteiger partial charge in [0, 0.05) is 25.4 Å². The maximum Gasteiger partial charge on any atom is 0.223 e. The molecule has 0 aromatic heterocycles. The molecule has 1 atom stereocenters. The van der Waals surface area contributed by atoms with Crippen molar-refractivity contribution < 1.29 is 4.79 Å². The van der Waals surface area contributed by atoms with E-state index in [9.17, 15) is 4.79 Å². The standard InChI is InChI=1S/C16H28N2O/c1-2-15-13-16(19)18(14-15)12-10-8-6-4-3-5-7-9-11-17/h1,15H,3-14,17H2. The Bertz CT molecular complexity index is 296. The van der Waals surface area contributed by atoms with Crippen molar-refractivity contribution in [3.8, 4) is 12.3 Å². The van der Waals surface area contributed by atoms with Crippen LogP contribution in [0.5, 0.6) is 0 Å². The number of amides is 1. The highest BCUT2D eigenvalue weighted by Gasteiger charge is 2.27. The van der Waals surface area contributed by atoms with E-state index in [1.807, 2.05) is 4.90 Å². The molecular formula is C16H28N2O. The summed E-state index contributed by atoms with van der Waals surface area (Å²) in [7, 11) is 0. The van der Waals surface area contributed by atoms with Crippen molar-refractivity contribution in [1.29, 1.82) is 0 Å². The number of carbonyl (C=O) groups excluding carboxylic acids is 1. The summed E-state index contributed by atoms with van der Waals surface area (Å²) in [4.78, 5) is 13.6. The number of unbranched alkanes of at least 4 members (excludes halogenated alkanes) is 7. The van der Waals surface area contributed by atoms with Crippen molar-refractivity contribution in [3.05, 3.63) is 0 Å². The maximum atomic E-state index is 11.6. The van der Waals surface area contributed by atoms with Crippen LogP contribution >= 0.6 is 0 Å². The van der Waals surface area contributed by atoms with Gasteiger partial charge in [0.2, 0.25) is 5.91 Å². The molecule has 0 radical (unpaired) electrons. The van der Waals surface area contributed by atoms with Gasteiger partial charge < -0.3 is 10.6 Å². The van der Waals surface area contributed by atoms with Crippen LogP contribution in [0, 0.1) is 18.3 Å². The molecule has 0 aromatic carbocycles. The van der Waals surface area contributed by atoms with E-state index < -0.39 is 0 Å². The Morgan fingerprint density at radius 2 is 1.68 bits per heavy atom. The first kappa shape index (κ1) is 16.0. The molecule has 1 rings (SSSR count). The number of hydrogen-bond donors (Lipinski definition) is 1. The van der Waals surface area contributed by atoms with Crippen LogP contribution in [0.1, 0.15) is 57.8 Å². The van der Waals surface area contributed by atoms with Gasteiger partial charge in [0.05, 0.1) is 0 Å². The summed E-state index contributed by atoms with van der Waals surface area (Å²) < 4.78 is 0. The van der Waals surface area contributed by atoms with Gasteiger partial charge in [-0.05, 0) is 19.4 Å². The Balaban J connectivity index is 1.91. The van der Waals surface area contributed by atoms with Crippen LogP contribution in [0.2, 0.25) is 0 Å². The zero-order valence-electron chi connectivity index (χ0n) is 12.1. The SMILES string of the molecule is C#CC1CC(=O)N(CCCCCCCCCCN)C1. The van der Waals surface area contributed by atoms with Gasteiger partial charge in [-0.1, -0.05) is 38.5 Å². The molecular weight excluding hydrogens is 236 g/mol. The van der Waals surface area contributed by atoms with E-state index >= 15 is 0 Å². The second-order valence-electron chi connectivity index (χ2n) is 5.52. The average molecular weight is 264 g/mol. The highest BCUT2D eigenvalue weighted by atomic mass is 16.2. The minimum absolute atomic E-state index is 0.148. The number of terminal acetylenes is 1. The van der Waals surface area contributed by atoms with Crippen molar-refractivity contribution in [2.24, 2.45) is 11.7 Å². The van der Waals surface area contributed by atoms with Crippen molar-refractivity contribution in [2.75, 3.05) is 19.6 Å². The second kappa shape index (κ2) is 9.86. The predicted molar refractivity (Wildman–Crippen MR) is 79.5 cm³/mol. The minimum atomic E-state index is 0.148. The molecule has 1 fully saturated rings. The first-order valence-corrected chi connectivity index (χ1v) is 7.72. The third-order valence-electron chi connectivity index (χ3n) is 3.83. The lowest BCUT2D eigenvalue weighted by Gasteiger charge is -2.15. The molecule has 19 heavy (non-hydrogen) atoms. The molecule has 0 aromatic rings. The molecule has 0 spiro atoms. The molecule has 1 unspecified atom stereocenters. The summed E-state index contributed by atoms with van der Waals surface area (Å²) in [6.45, 7) is 2.49. The molecule has 1 heterocycles. The van der Waals surface area contributed by atoms with Crippen molar-refractivity contribution in [1.82, 2.24) is 4.90 Å². The molecule has 3 heteroatoms. The Morgan fingerprint density at radius 3 is 2.21 bits per heavy atom. The van der Waals surface area contributed by atoms with Gasteiger partial charge in [0.1, 0.15) is 0 Å². The van der Waals surface area contributed by atoms with Crippen LogP contribution in [-0.4, -0.2) is 30.4 Å². The first-order valence-electron chi connectivity index (χ1n) is 7.72. The largest absolute Gasteiger partial charge is 0.341 e. The molecule has 1 aliphatic heterocycles. The molecule has 3 nitrogen and oxygen atoms in total. The lowest BCUT2D eigenvalue weighted by molar-refractivity contribution is -0.127. The number of nitrogens with zero attached hydrogens (tertiary/aromatic N) is 1. The Labute approximate surface area is 117 Å². The van der Waals surface area contributed by atoms with E-state index in [1.165, 1.54) is 38.5 Å². The monoisotopic (exact) mass is 264 g/mol.